The van der Waals surface area contributed by atoms with Gasteiger partial charge in [-0.15, -0.1) is 0 Å². The second kappa shape index (κ2) is 4.64. The summed E-state index contributed by atoms with van der Waals surface area (Å²) in [5, 5.41) is 0. The Morgan fingerprint density at radius 3 is 1.82 bits per heavy atom. The summed E-state index contributed by atoms with van der Waals surface area (Å²) in [6.45, 7) is 0. The molecule has 0 aromatic heterocycles. The van der Waals surface area contributed by atoms with Gasteiger partial charge in [0.2, 0.25) is 0 Å². The van der Waals surface area contributed by atoms with Gasteiger partial charge in [-0.2, -0.15) is 0 Å². The largest absolute Gasteiger partial charge is 0.203 e. The Hall–Kier alpha value is -1.11. The molecule has 0 spiro atoms. The molecular formula is C12H5F4I. The molecule has 5 heteroatoms. The monoisotopic (exact) mass is 352 g/mol. The summed E-state index contributed by atoms with van der Waals surface area (Å²) < 4.78 is 52.7. The highest BCUT2D eigenvalue weighted by Gasteiger charge is 2.24. The molecule has 0 aliphatic rings. The minimum absolute atomic E-state index is 0.261. The lowest BCUT2D eigenvalue weighted by molar-refractivity contribution is 0.408. The van der Waals surface area contributed by atoms with E-state index in [-0.39, 0.29) is 9.13 Å². The standard InChI is InChI=1S/C12H5F4I/c13-8-7(6-4-2-1-3-5-6)12(17)11(16)10(15)9(8)14/h1-5H. The molecule has 0 aliphatic carbocycles. The molecular weight excluding hydrogens is 347 g/mol. The van der Waals surface area contributed by atoms with E-state index in [0.717, 1.165) is 0 Å². The maximum Gasteiger partial charge on any atom is 0.198 e. The molecule has 0 bridgehead atoms. The lowest BCUT2D eigenvalue weighted by Gasteiger charge is -2.09. The van der Waals surface area contributed by atoms with E-state index in [2.05, 4.69) is 0 Å². The third-order valence-corrected chi connectivity index (χ3v) is 3.29. The molecule has 2 rings (SSSR count). The van der Waals surface area contributed by atoms with Crippen LogP contribution in [0.1, 0.15) is 0 Å². The number of benzene rings is 2. The van der Waals surface area contributed by atoms with Crippen molar-refractivity contribution >= 4 is 22.6 Å². The first-order valence-electron chi connectivity index (χ1n) is 4.61. The van der Waals surface area contributed by atoms with Crippen molar-refractivity contribution in [1.82, 2.24) is 0 Å². The average molecular weight is 352 g/mol. The summed E-state index contributed by atoms with van der Waals surface area (Å²) in [5.41, 5.74) is 0.0369. The van der Waals surface area contributed by atoms with Gasteiger partial charge in [0.15, 0.2) is 23.3 Å². The Kier molecular flexibility index (Phi) is 3.37. The maximum atomic E-state index is 13.6. The number of hydrogen-bond donors (Lipinski definition) is 0. The predicted octanol–water partition coefficient (Wildman–Crippen LogP) is 4.51. The summed E-state index contributed by atoms with van der Waals surface area (Å²) in [5.74, 6) is -6.32. The Morgan fingerprint density at radius 2 is 1.24 bits per heavy atom. The van der Waals surface area contributed by atoms with Crippen LogP contribution in [0.5, 0.6) is 0 Å². The minimum atomic E-state index is -1.79. The smallest absolute Gasteiger partial charge is 0.198 e. The van der Waals surface area contributed by atoms with E-state index in [1.807, 2.05) is 0 Å². The van der Waals surface area contributed by atoms with Crippen LogP contribution in [0.2, 0.25) is 0 Å². The number of halogens is 5. The third kappa shape index (κ3) is 2.03. The van der Waals surface area contributed by atoms with E-state index in [1.54, 1.807) is 18.2 Å². The van der Waals surface area contributed by atoms with Gasteiger partial charge in [-0.05, 0) is 28.2 Å². The highest BCUT2D eigenvalue weighted by molar-refractivity contribution is 14.1. The van der Waals surface area contributed by atoms with Gasteiger partial charge >= 0.3 is 0 Å². The molecule has 0 saturated carbocycles. The summed E-state index contributed by atoms with van der Waals surface area (Å²) in [7, 11) is 0. The van der Waals surface area contributed by atoms with Gasteiger partial charge in [-0.25, -0.2) is 17.6 Å². The van der Waals surface area contributed by atoms with E-state index in [9.17, 15) is 17.6 Å². The summed E-state index contributed by atoms with van der Waals surface area (Å²) >= 11 is 1.45. The second-order valence-electron chi connectivity index (χ2n) is 3.31. The lowest BCUT2D eigenvalue weighted by atomic mass is 10.0. The second-order valence-corrected chi connectivity index (χ2v) is 4.39. The molecule has 0 atom stereocenters. The Morgan fingerprint density at radius 1 is 0.706 bits per heavy atom. The normalized spacial score (nSPS) is 10.6. The van der Waals surface area contributed by atoms with Gasteiger partial charge in [0.05, 0.1) is 3.57 Å². The van der Waals surface area contributed by atoms with Crippen LogP contribution >= 0.6 is 22.6 Å². The van der Waals surface area contributed by atoms with Crippen LogP contribution in [-0.4, -0.2) is 0 Å². The van der Waals surface area contributed by atoms with E-state index in [0.29, 0.717) is 5.56 Å². The van der Waals surface area contributed by atoms with Crippen molar-refractivity contribution in [2.24, 2.45) is 0 Å². The Labute approximate surface area is 108 Å². The van der Waals surface area contributed by atoms with E-state index in [1.165, 1.54) is 34.7 Å². The molecule has 0 amide bonds. The van der Waals surface area contributed by atoms with Crippen LogP contribution in [0.15, 0.2) is 30.3 Å². The van der Waals surface area contributed by atoms with Crippen molar-refractivity contribution in [3.63, 3.8) is 0 Å². The molecule has 0 aliphatic heterocycles. The fourth-order valence-electron chi connectivity index (χ4n) is 1.46. The molecule has 2 aromatic carbocycles. The number of hydrogen-bond acceptors (Lipinski definition) is 0. The van der Waals surface area contributed by atoms with E-state index in [4.69, 9.17) is 0 Å². The van der Waals surface area contributed by atoms with Crippen LogP contribution in [0.3, 0.4) is 0 Å². The molecule has 0 N–H and O–H groups in total. The molecule has 0 saturated heterocycles. The van der Waals surface area contributed by atoms with E-state index < -0.39 is 23.3 Å². The predicted molar refractivity (Wildman–Crippen MR) is 64.4 cm³/mol. The first kappa shape index (κ1) is 12.3. The zero-order valence-corrected chi connectivity index (χ0v) is 10.4. The molecule has 0 fully saturated rings. The fraction of sp³-hybridized carbons (Fsp3) is 0. The van der Waals surface area contributed by atoms with Crippen LogP contribution in [-0.2, 0) is 0 Å². The molecule has 2 aromatic rings. The zero-order chi connectivity index (χ0) is 12.6. The van der Waals surface area contributed by atoms with Crippen LogP contribution in [0.4, 0.5) is 17.6 Å². The quantitative estimate of drug-likeness (QED) is 0.307. The first-order chi connectivity index (χ1) is 8.04. The third-order valence-electron chi connectivity index (χ3n) is 2.27. The molecule has 0 heterocycles. The highest BCUT2D eigenvalue weighted by atomic mass is 127. The van der Waals surface area contributed by atoms with Gasteiger partial charge < -0.3 is 0 Å². The van der Waals surface area contributed by atoms with Gasteiger partial charge in [-0.1, -0.05) is 30.3 Å². The summed E-state index contributed by atoms with van der Waals surface area (Å²) in [6, 6.07) is 7.88. The van der Waals surface area contributed by atoms with Crippen molar-refractivity contribution in [2.75, 3.05) is 0 Å². The van der Waals surface area contributed by atoms with Crippen molar-refractivity contribution in [3.8, 4) is 11.1 Å². The van der Waals surface area contributed by atoms with Crippen LogP contribution < -0.4 is 0 Å². The van der Waals surface area contributed by atoms with Crippen molar-refractivity contribution in [2.45, 2.75) is 0 Å². The first-order valence-corrected chi connectivity index (χ1v) is 5.68. The highest BCUT2D eigenvalue weighted by Crippen LogP contribution is 2.33. The lowest BCUT2D eigenvalue weighted by Crippen LogP contribution is -2.02. The minimum Gasteiger partial charge on any atom is -0.203 e. The average Bonchev–Trinajstić information content (AvgIpc) is 2.36. The van der Waals surface area contributed by atoms with Gasteiger partial charge in [-0.3, -0.25) is 0 Å². The summed E-state index contributed by atoms with van der Waals surface area (Å²) in [6.07, 6.45) is 0. The molecule has 0 radical (unpaired) electrons. The SMILES string of the molecule is Fc1c(F)c(F)c(-c2ccccc2)c(I)c1F. The van der Waals surface area contributed by atoms with Gasteiger partial charge in [0.25, 0.3) is 0 Å². The fourth-order valence-corrected chi connectivity index (χ4v) is 2.25. The molecule has 17 heavy (non-hydrogen) atoms. The van der Waals surface area contributed by atoms with Gasteiger partial charge in [0.1, 0.15) is 0 Å². The van der Waals surface area contributed by atoms with Crippen LogP contribution in [0.25, 0.3) is 11.1 Å². The van der Waals surface area contributed by atoms with Crippen molar-refractivity contribution < 1.29 is 17.6 Å². The van der Waals surface area contributed by atoms with Crippen molar-refractivity contribution in [3.05, 3.63) is 57.2 Å². The Bertz CT molecular complexity index is 537. The number of rotatable bonds is 1. The van der Waals surface area contributed by atoms with E-state index >= 15 is 0 Å². The molecule has 0 nitrogen and oxygen atoms in total. The van der Waals surface area contributed by atoms with Gasteiger partial charge in [0, 0.05) is 5.56 Å². The molecule has 88 valence electrons. The maximum absolute atomic E-state index is 13.6. The summed E-state index contributed by atoms with van der Waals surface area (Å²) in [4.78, 5) is 0. The topological polar surface area (TPSA) is 0 Å². The molecule has 0 unspecified atom stereocenters. The van der Waals surface area contributed by atoms with Crippen LogP contribution in [0, 0.1) is 26.8 Å². The van der Waals surface area contributed by atoms with Crippen molar-refractivity contribution in [1.29, 1.82) is 0 Å². The zero-order valence-electron chi connectivity index (χ0n) is 8.28. The Balaban J connectivity index is 2.80.